The van der Waals surface area contributed by atoms with Gasteiger partial charge in [0, 0.05) is 12.1 Å². The lowest BCUT2D eigenvalue weighted by molar-refractivity contribution is -0.113. The van der Waals surface area contributed by atoms with Gasteiger partial charge in [0.15, 0.2) is 11.0 Å². The van der Waals surface area contributed by atoms with Crippen LogP contribution in [-0.2, 0) is 11.8 Å². The maximum atomic E-state index is 12.8. The minimum absolute atomic E-state index is 0.0348. The molecule has 33 heavy (non-hydrogen) atoms. The Morgan fingerprint density at radius 1 is 1.06 bits per heavy atom. The van der Waals surface area contributed by atoms with E-state index in [1.54, 1.807) is 54.1 Å². The highest BCUT2D eigenvalue weighted by atomic mass is 35.5. The standard InChI is InChI=1S/C22H22Cl3N5O2S/c1-12(2)19(27-21(32)14-6-4-5-7-15(14)24)20-28-29-22(30(20)3)33-11-18(31)26-17-9-8-13(23)10-16(17)25/h4-10,12,19H,11H2,1-3H3,(H,26,31)(H,27,32)/t19-/m1/s1. The van der Waals surface area contributed by atoms with Crippen LogP contribution in [0.3, 0.4) is 0 Å². The molecule has 0 aliphatic heterocycles. The van der Waals surface area contributed by atoms with E-state index in [-0.39, 0.29) is 23.5 Å². The van der Waals surface area contributed by atoms with Crippen LogP contribution < -0.4 is 10.6 Å². The quantitative estimate of drug-likeness (QED) is 0.371. The van der Waals surface area contributed by atoms with E-state index in [1.165, 1.54) is 11.8 Å². The van der Waals surface area contributed by atoms with Crippen LogP contribution in [0.4, 0.5) is 5.69 Å². The molecule has 0 bridgehead atoms. The van der Waals surface area contributed by atoms with Crippen molar-refractivity contribution in [1.82, 2.24) is 20.1 Å². The number of amides is 2. The van der Waals surface area contributed by atoms with E-state index in [0.717, 1.165) is 0 Å². The van der Waals surface area contributed by atoms with Gasteiger partial charge in [-0.15, -0.1) is 10.2 Å². The second-order valence-corrected chi connectivity index (χ2v) is 9.73. The summed E-state index contributed by atoms with van der Waals surface area (Å²) in [5.74, 6) is 0.169. The highest BCUT2D eigenvalue weighted by molar-refractivity contribution is 7.99. The van der Waals surface area contributed by atoms with Crippen molar-refractivity contribution < 1.29 is 9.59 Å². The molecule has 11 heteroatoms. The molecular formula is C22H22Cl3N5O2S. The largest absolute Gasteiger partial charge is 0.342 e. The number of aromatic nitrogens is 3. The number of rotatable bonds is 8. The molecule has 1 aromatic heterocycles. The molecule has 2 N–H and O–H groups in total. The molecule has 0 radical (unpaired) electrons. The molecule has 1 heterocycles. The Morgan fingerprint density at radius 2 is 1.79 bits per heavy atom. The minimum atomic E-state index is -0.401. The van der Waals surface area contributed by atoms with E-state index in [1.807, 2.05) is 13.8 Å². The lowest BCUT2D eigenvalue weighted by atomic mass is 10.0. The zero-order chi connectivity index (χ0) is 24.1. The van der Waals surface area contributed by atoms with E-state index in [0.29, 0.717) is 37.3 Å². The number of anilines is 1. The molecule has 0 saturated carbocycles. The van der Waals surface area contributed by atoms with Crippen molar-refractivity contribution in [3.05, 3.63) is 68.9 Å². The van der Waals surface area contributed by atoms with E-state index in [2.05, 4.69) is 20.8 Å². The van der Waals surface area contributed by atoms with E-state index in [9.17, 15) is 9.59 Å². The SMILES string of the molecule is CC(C)[C@@H](NC(=O)c1ccccc1Cl)c1nnc(SCC(=O)Nc2ccc(Cl)cc2Cl)n1C. The molecule has 3 aromatic rings. The third-order valence-corrected chi connectivity index (χ3v) is 6.65. The predicted molar refractivity (Wildman–Crippen MR) is 133 cm³/mol. The van der Waals surface area contributed by atoms with Crippen molar-refractivity contribution in [2.75, 3.05) is 11.1 Å². The summed E-state index contributed by atoms with van der Waals surface area (Å²) in [6, 6.07) is 11.3. The molecular weight excluding hydrogens is 505 g/mol. The number of benzene rings is 2. The number of hydrogen-bond acceptors (Lipinski definition) is 5. The number of nitrogens with zero attached hydrogens (tertiary/aromatic N) is 3. The highest BCUT2D eigenvalue weighted by Crippen LogP contribution is 2.27. The van der Waals surface area contributed by atoms with Gasteiger partial charge in [-0.3, -0.25) is 9.59 Å². The third-order valence-electron chi connectivity index (χ3n) is 4.76. The van der Waals surface area contributed by atoms with Crippen LogP contribution in [0.25, 0.3) is 0 Å². The van der Waals surface area contributed by atoms with Crippen molar-refractivity contribution in [2.24, 2.45) is 13.0 Å². The maximum Gasteiger partial charge on any atom is 0.253 e. The van der Waals surface area contributed by atoms with Gasteiger partial charge in [0.2, 0.25) is 5.91 Å². The monoisotopic (exact) mass is 525 g/mol. The minimum Gasteiger partial charge on any atom is -0.342 e. The van der Waals surface area contributed by atoms with Crippen LogP contribution in [0.5, 0.6) is 0 Å². The number of carbonyl (C=O) groups excluding carboxylic acids is 2. The number of nitrogens with one attached hydrogen (secondary N) is 2. The lowest BCUT2D eigenvalue weighted by Crippen LogP contribution is -2.33. The zero-order valence-corrected chi connectivity index (χ0v) is 21.2. The van der Waals surface area contributed by atoms with Gasteiger partial charge in [0.1, 0.15) is 0 Å². The topological polar surface area (TPSA) is 88.9 Å². The van der Waals surface area contributed by atoms with Gasteiger partial charge < -0.3 is 15.2 Å². The molecule has 0 unspecified atom stereocenters. The second kappa shape index (κ2) is 11.2. The van der Waals surface area contributed by atoms with Crippen LogP contribution >= 0.6 is 46.6 Å². The predicted octanol–water partition coefficient (Wildman–Crippen LogP) is 5.63. The van der Waals surface area contributed by atoms with Crippen LogP contribution in [0.2, 0.25) is 15.1 Å². The van der Waals surface area contributed by atoms with E-state index in [4.69, 9.17) is 34.8 Å². The first-order valence-electron chi connectivity index (χ1n) is 9.99. The molecule has 2 aromatic carbocycles. The lowest BCUT2D eigenvalue weighted by Gasteiger charge is -2.22. The molecule has 0 aliphatic carbocycles. The fourth-order valence-corrected chi connectivity index (χ4v) is 4.42. The summed E-state index contributed by atoms with van der Waals surface area (Å²) in [6.45, 7) is 3.95. The van der Waals surface area contributed by atoms with E-state index >= 15 is 0 Å². The molecule has 0 aliphatic rings. The van der Waals surface area contributed by atoms with Gasteiger partial charge in [-0.05, 0) is 36.2 Å². The van der Waals surface area contributed by atoms with Crippen molar-refractivity contribution >= 4 is 64.1 Å². The Labute approximate surface area is 211 Å². The Bertz CT molecular complexity index is 1170. The van der Waals surface area contributed by atoms with Gasteiger partial charge in [-0.2, -0.15) is 0 Å². The smallest absolute Gasteiger partial charge is 0.253 e. The van der Waals surface area contributed by atoms with Crippen molar-refractivity contribution in [3.8, 4) is 0 Å². The number of hydrogen-bond donors (Lipinski definition) is 2. The molecule has 0 spiro atoms. The fraction of sp³-hybridized carbons (Fsp3) is 0.273. The average Bonchev–Trinajstić information content (AvgIpc) is 3.12. The summed E-state index contributed by atoms with van der Waals surface area (Å²) in [7, 11) is 1.79. The van der Waals surface area contributed by atoms with Crippen molar-refractivity contribution in [1.29, 1.82) is 0 Å². The van der Waals surface area contributed by atoms with Gasteiger partial charge in [0.05, 0.1) is 33.1 Å². The highest BCUT2D eigenvalue weighted by Gasteiger charge is 2.26. The molecule has 3 rings (SSSR count). The first kappa shape index (κ1) is 25.4. The van der Waals surface area contributed by atoms with Crippen molar-refractivity contribution in [2.45, 2.75) is 25.0 Å². The Kier molecular flexibility index (Phi) is 8.64. The molecule has 7 nitrogen and oxygen atoms in total. The molecule has 0 fully saturated rings. The number of halogens is 3. The average molecular weight is 527 g/mol. The number of thioether (sulfide) groups is 1. The fourth-order valence-electron chi connectivity index (χ4n) is 3.02. The first-order chi connectivity index (χ1) is 15.7. The molecule has 174 valence electrons. The summed E-state index contributed by atoms with van der Waals surface area (Å²) in [5, 5.41) is 16.0. The van der Waals surface area contributed by atoms with Crippen LogP contribution in [0.15, 0.2) is 47.6 Å². The zero-order valence-electron chi connectivity index (χ0n) is 18.1. The summed E-state index contributed by atoms with van der Waals surface area (Å²) in [4.78, 5) is 25.1. The van der Waals surface area contributed by atoms with Gasteiger partial charge in [-0.25, -0.2) is 0 Å². The maximum absolute atomic E-state index is 12.8. The first-order valence-corrected chi connectivity index (χ1v) is 12.1. The third kappa shape index (κ3) is 6.41. The van der Waals surface area contributed by atoms with Crippen LogP contribution in [-0.4, -0.2) is 32.3 Å². The summed E-state index contributed by atoms with van der Waals surface area (Å²) in [5.41, 5.74) is 0.867. The Hall–Kier alpha value is -2.26. The normalized spacial score (nSPS) is 12.0. The van der Waals surface area contributed by atoms with Gasteiger partial charge >= 0.3 is 0 Å². The summed E-state index contributed by atoms with van der Waals surface area (Å²) < 4.78 is 1.77. The molecule has 1 atom stereocenters. The molecule has 2 amide bonds. The van der Waals surface area contributed by atoms with Crippen LogP contribution in [0.1, 0.15) is 36.1 Å². The van der Waals surface area contributed by atoms with Crippen molar-refractivity contribution in [3.63, 3.8) is 0 Å². The Balaban J connectivity index is 1.68. The summed E-state index contributed by atoms with van der Waals surface area (Å²) >= 11 is 19.4. The number of carbonyl (C=O) groups is 2. The Morgan fingerprint density at radius 3 is 2.45 bits per heavy atom. The van der Waals surface area contributed by atoms with Gasteiger partial charge in [-0.1, -0.05) is 72.5 Å². The van der Waals surface area contributed by atoms with E-state index < -0.39 is 6.04 Å². The second-order valence-electron chi connectivity index (χ2n) is 7.54. The molecule has 0 saturated heterocycles. The van der Waals surface area contributed by atoms with Gasteiger partial charge in [0.25, 0.3) is 5.91 Å². The summed E-state index contributed by atoms with van der Waals surface area (Å²) in [6.07, 6.45) is 0. The van der Waals surface area contributed by atoms with Crippen LogP contribution in [0, 0.1) is 5.92 Å².